The number of methoxy groups -OCH3 is 2. The van der Waals surface area contributed by atoms with Crippen molar-refractivity contribution in [3.05, 3.63) is 101 Å². The summed E-state index contributed by atoms with van der Waals surface area (Å²) >= 11 is 0. The van der Waals surface area contributed by atoms with Crippen molar-refractivity contribution in [2.24, 2.45) is 5.92 Å². The van der Waals surface area contributed by atoms with E-state index in [0.29, 0.717) is 36.4 Å². The van der Waals surface area contributed by atoms with Crippen LogP contribution in [0.5, 0.6) is 34.5 Å². The van der Waals surface area contributed by atoms with E-state index in [2.05, 4.69) is 5.32 Å². The van der Waals surface area contributed by atoms with Gasteiger partial charge in [0.15, 0.2) is 23.0 Å². The number of aromatic nitrogens is 1. The maximum absolute atomic E-state index is 15.3. The van der Waals surface area contributed by atoms with Gasteiger partial charge in [0.25, 0.3) is 0 Å². The van der Waals surface area contributed by atoms with Crippen molar-refractivity contribution >= 4 is 28.1 Å². The van der Waals surface area contributed by atoms with Gasteiger partial charge in [-0.3, -0.25) is 4.79 Å². The topological polar surface area (TPSA) is 162 Å². The lowest BCUT2D eigenvalue weighted by Gasteiger charge is -2.41. The van der Waals surface area contributed by atoms with Gasteiger partial charge in [-0.1, -0.05) is 25.0 Å². The second kappa shape index (κ2) is 14.6. The molecule has 3 aliphatic rings. The van der Waals surface area contributed by atoms with E-state index in [4.69, 9.17) is 14.5 Å². The number of ether oxygens (including phenoxy) is 2. The minimum atomic E-state index is -0.991. The summed E-state index contributed by atoms with van der Waals surface area (Å²) < 4.78 is 10.8. The molecule has 1 saturated carbocycles. The van der Waals surface area contributed by atoms with Gasteiger partial charge in [0.1, 0.15) is 17.4 Å². The second-order valence-corrected chi connectivity index (χ2v) is 15.7. The number of nitrogens with zero attached hydrogens (tertiary/aromatic N) is 1. The molecular weight excluding hydrogens is 697 g/mol. The lowest BCUT2D eigenvalue weighted by Crippen LogP contribution is -2.45. The average molecular weight is 745 g/mol. The highest BCUT2D eigenvalue weighted by molar-refractivity contribution is 5.96. The standard InChI is InChI=1S/C45H48N2O8/c1-54-38-17-25(5-11-34(38)49)6-12-35(50)43-36(51)21-29(30-22-37(52)44(53)39(23-30)55-2)18-26-7-8-27-19-32(48)20-28-9-10-33(42(26)41(27)28)47-40-24-31(13-16-46-40)45(43)14-3-4-15-45/h5,9-11,13,16-17,19-20,22-24,26,29,35,43,48-50,52-53H,3-4,6-8,12,14-15,18,21H2,1-2H3,(H,46,47)/t26-,29-,35+,43+/m0/s1. The Balaban J connectivity index is 1.28. The maximum Gasteiger partial charge on any atom is 0.200 e. The number of pyridine rings is 1. The summed E-state index contributed by atoms with van der Waals surface area (Å²) in [6, 6.07) is 20.1. The first-order chi connectivity index (χ1) is 26.6. The van der Waals surface area contributed by atoms with Gasteiger partial charge < -0.3 is 40.3 Å². The highest BCUT2D eigenvalue weighted by Gasteiger charge is 2.50. The van der Waals surface area contributed by atoms with E-state index in [1.807, 2.05) is 36.4 Å². The quantitative estimate of drug-likeness (QED) is 0.0893. The van der Waals surface area contributed by atoms with E-state index < -0.39 is 23.4 Å². The van der Waals surface area contributed by atoms with Gasteiger partial charge in [-0.05, 0) is 150 Å². The minimum absolute atomic E-state index is 0.0276. The van der Waals surface area contributed by atoms with Crippen LogP contribution >= 0.6 is 0 Å². The Morgan fingerprint density at radius 2 is 1.69 bits per heavy atom. The zero-order valence-electron chi connectivity index (χ0n) is 31.2. The Morgan fingerprint density at radius 3 is 2.47 bits per heavy atom. The molecule has 1 spiro atoms. The fraction of sp³-hybridized carbons (Fsp3) is 0.378. The highest BCUT2D eigenvalue weighted by atomic mass is 16.5. The molecule has 0 radical (unpaired) electrons. The molecule has 55 heavy (non-hydrogen) atoms. The number of rotatable bonds is 7. The fourth-order valence-corrected chi connectivity index (χ4v) is 10.0. The molecule has 4 aromatic carbocycles. The number of aliphatic hydroxyl groups is 1. The van der Waals surface area contributed by atoms with Crippen LogP contribution in [0.1, 0.15) is 91.0 Å². The molecule has 0 saturated heterocycles. The van der Waals surface area contributed by atoms with Crippen molar-refractivity contribution in [1.29, 1.82) is 0 Å². The van der Waals surface area contributed by atoms with Gasteiger partial charge in [-0.2, -0.15) is 0 Å². The number of phenolic OH excluding ortho intramolecular Hbond substituents is 4. The number of aryl methyl sites for hydroxylation is 2. The number of Topliss-reactive ketones (excluding diaryl/α,β-unsaturated/α-hetero) is 1. The van der Waals surface area contributed by atoms with Crippen LogP contribution in [-0.2, 0) is 23.1 Å². The third kappa shape index (κ3) is 6.66. The van der Waals surface area contributed by atoms with E-state index in [9.17, 15) is 25.5 Å². The SMILES string of the molecule is COc1cc(CC[C@@H](O)[C@@H]2C(=O)C[C@@H](c3cc(O)c(O)c(OC)c3)C[C@@H]3CCc4cc(O)cc5ccc(c3c45)Nc3cc(ccn3)C23CCCC3)ccc1O. The Labute approximate surface area is 320 Å². The number of ketones is 1. The summed E-state index contributed by atoms with van der Waals surface area (Å²) in [5, 5.41) is 60.4. The molecule has 0 unspecified atom stereocenters. The lowest BCUT2D eigenvalue weighted by atomic mass is 9.63. The van der Waals surface area contributed by atoms with Crippen LogP contribution in [0.15, 0.2) is 72.9 Å². The summed E-state index contributed by atoms with van der Waals surface area (Å²) in [6.07, 6.45) is 6.99. The third-order valence-electron chi connectivity index (χ3n) is 12.6. The van der Waals surface area contributed by atoms with Gasteiger partial charge in [0.05, 0.1) is 26.2 Å². The van der Waals surface area contributed by atoms with E-state index in [-0.39, 0.29) is 46.9 Å². The van der Waals surface area contributed by atoms with Gasteiger partial charge in [0, 0.05) is 23.7 Å². The molecule has 8 rings (SSSR count). The molecule has 1 aliphatic heterocycles. The molecule has 10 heteroatoms. The van der Waals surface area contributed by atoms with Crippen LogP contribution in [0.4, 0.5) is 11.5 Å². The number of carbonyl (C=O) groups is 1. The zero-order valence-corrected chi connectivity index (χ0v) is 31.2. The van der Waals surface area contributed by atoms with Crippen molar-refractivity contribution in [1.82, 2.24) is 4.98 Å². The normalized spacial score (nSPS) is 20.9. The molecule has 2 bridgehead atoms. The molecule has 2 heterocycles. The first kappa shape index (κ1) is 36.5. The number of fused-ring (bicyclic) bond motifs is 3. The van der Waals surface area contributed by atoms with E-state index in [1.54, 1.807) is 30.5 Å². The van der Waals surface area contributed by atoms with Crippen LogP contribution in [0, 0.1) is 5.92 Å². The van der Waals surface area contributed by atoms with Gasteiger partial charge in [-0.15, -0.1) is 0 Å². The molecule has 1 fully saturated rings. The van der Waals surface area contributed by atoms with Crippen molar-refractivity contribution < 1.29 is 39.8 Å². The number of phenols is 4. The van der Waals surface area contributed by atoms with Crippen molar-refractivity contribution in [2.45, 2.75) is 87.6 Å². The molecule has 2 aliphatic carbocycles. The maximum atomic E-state index is 15.3. The Kier molecular flexibility index (Phi) is 9.71. The van der Waals surface area contributed by atoms with Crippen LogP contribution in [-0.4, -0.2) is 56.6 Å². The highest BCUT2D eigenvalue weighted by Crippen LogP contribution is 2.53. The molecule has 1 aromatic heterocycles. The number of carbonyl (C=O) groups excluding carboxylic acids is 1. The number of anilines is 2. The second-order valence-electron chi connectivity index (χ2n) is 15.7. The smallest absolute Gasteiger partial charge is 0.200 e. The van der Waals surface area contributed by atoms with E-state index in [1.165, 1.54) is 20.3 Å². The van der Waals surface area contributed by atoms with Gasteiger partial charge in [0.2, 0.25) is 5.75 Å². The van der Waals surface area contributed by atoms with Crippen LogP contribution in [0.3, 0.4) is 0 Å². The molecule has 10 nitrogen and oxygen atoms in total. The third-order valence-corrected chi connectivity index (χ3v) is 12.6. The van der Waals surface area contributed by atoms with Crippen LogP contribution in [0.25, 0.3) is 10.8 Å². The predicted octanol–water partition coefficient (Wildman–Crippen LogP) is 8.42. The van der Waals surface area contributed by atoms with Crippen LogP contribution in [0.2, 0.25) is 0 Å². The Morgan fingerprint density at radius 1 is 0.891 bits per heavy atom. The monoisotopic (exact) mass is 744 g/mol. The molecule has 0 amide bonds. The number of nitrogens with one attached hydrogen (secondary N) is 1. The van der Waals surface area contributed by atoms with Crippen LogP contribution < -0.4 is 14.8 Å². The van der Waals surface area contributed by atoms with Crippen molar-refractivity contribution in [3.63, 3.8) is 0 Å². The molecule has 5 aromatic rings. The van der Waals surface area contributed by atoms with E-state index >= 15 is 4.79 Å². The van der Waals surface area contributed by atoms with Crippen molar-refractivity contribution in [2.75, 3.05) is 19.5 Å². The summed E-state index contributed by atoms with van der Waals surface area (Å²) in [7, 11) is 2.93. The average Bonchev–Trinajstić information content (AvgIpc) is 3.67. The predicted molar refractivity (Wildman–Crippen MR) is 210 cm³/mol. The molecule has 6 N–H and O–H groups in total. The number of aromatic hydroxyl groups is 4. The lowest BCUT2D eigenvalue weighted by molar-refractivity contribution is -0.130. The zero-order chi connectivity index (χ0) is 38.4. The van der Waals surface area contributed by atoms with Crippen molar-refractivity contribution in [3.8, 4) is 34.5 Å². The van der Waals surface area contributed by atoms with Gasteiger partial charge >= 0.3 is 0 Å². The van der Waals surface area contributed by atoms with E-state index in [0.717, 1.165) is 77.2 Å². The molecular formula is C45H48N2O8. The summed E-state index contributed by atoms with van der Waals surface area (Å²) in [6.45, 7) is 0. The van der Waals surface area contributed by atoms with Gasteiger partial charge in [-0.25, -0.2) is 4.98 Å². The Hall–Kier alpha value is -5.48. The molecule has 286 valence electrons. The Bertz CT molecular complexity index is 2260. The number of benzene rings is 4. The summed E-state index contributed by atoms with van der Waals surface area (Å²) in [5.41, 5.74) is 4.91. The number of hydrogen-bond acceptors (Lipinski definition) is 10. The molecule has 4 atom stereocenters. The minimum Gasteiger partial charge on any atom is -0.508 e. The number of hydrogen-bond donors (Lipinski definition) is 6. The first-order valence-electron chi connectivity index (χ1n) is 19.3. The summed E-state index contributed by atoms with van der Waals surface area (Å²) in [5.74, 6) is -0.534. The largest absolute Gasteiger partial charge is 0.508 e. The fourth-order valence-electron chi connectivity index (χ4n) is 10.0. The number of aliphatic hydroxyl groups excluding tert-OH is 1. The first-order valence-corrected chi connectivity index (χ1v) is 19.3. The summed E-state index contributed by atoms with van der Waals surface area (Å²) in [4.78, 5) is 20.1.